The number of nitrogens with zero attached hydrogens (tertiary/aromatic N) is 1. The topological polar surface area (TPSA) is 83.6 Å². The van der Waals surface area contributed by atoms with Crippen molar-refractivity contribution in [1.29, 1.82) is 0 Å². The molecule has 5 nitrogen and oxygen atoms in total. The first kappa shape index (κ1) is 11.7. The first-order chi connectivity index (χ1) is 8.11. The smallest absolute Gasteiger partial charge is 0.211 e. The van der Waals surface area contributed by atoms with Crippen molar-refractivity contribution in [1.82, 2.24) is 5.16 Å². The molecule has 0 fully saturated rings. The molecule has 2 rings (SSSR count). The van der Waals surface area contributed by atoms with Crippen LogP contribution in [-0.2, 0) is 0 Å². The van der Waals surface area contributed by atoms with Crippen molar-refractivity contribution < 1.29 is 19.5 Å². The number of phenolic OH excluding ortho intramolecular Hbond substituents is 2. The second-order valence-corrected chi connectivity index (χ2v) is 3.90. The van der Waals surface area contributed by atoms with Crippen LogP contribution in [0.25, 0.3) is 11.3 Å². The third kappa shape index (κ3) is 2.31. The van der Waals surface area contributed by atoms with Gasteiger partial charge < -0.3 is 14.7 Å². The van der Waals surface area contributed by atoms with E-state index in [-0.39, 0.29) is 28.4 Å². The largest absolute Gasteiger partial charge is 0.504 e. The molecule has 0 spiro atoms. The van der Waals surface area contributed by atoms with Gasteiger partial charge in [-0.3, -0.25) is 4.79 Å². The van der Waals surface area contributed by atoms with Gasteiger partial charge in [-0.25, -0.2) is 0 Å². The number of halogens is 1. The van der Waals surface area contributed by atoms with E-state index in [0.717, 1.165) is 0 Å². The molecule has 1 aromatic heterocycles. The lowest BCUT2D eigenvalue weighted by Crippen LogP contribution is -1.96. The summed E-state index contributed by atoms with van der Waals surface area (Å²) in [5, 5.41) is 22.4. The van der Waals surface area contributed by atoms with E-state index in [1.54, 1.807) is 6.07 Å². The van der Waals surface area contributed by atoms with Crippen LogP contribution in [0.1, 0.15) is 10.6 Å². The molecule has 6 heteroatoms. The number of carbonyl (C=O) groups is 1. The van der Waals surface area contributed by atoms with Gasteiger partial charge >= 0.3 is 0 Å². The van der Waals surface area contributed by atoms with Crippen LogP contribution >= 0.6 is 15.9 Å². The quantitative estimate of drug-likeness (QED) is 0.516. The number of aromatic nitrogens is 1. The van der Waals surface area contributed by atoms with Gasteiger partial charge in [-0.15, -0.1) is 0 Å². The minimum atomic E-state index is -0.251. The Balaban J connectivity index is 2.37. The van der Waals surface area contributed by atoms with Crippen LogP contribution in [0.3, 0.4) is 0 Å². The summed E-state index contributed by atoms with van der Waals surface area (Å²) in [5.74, 6) is -0.538. The Labute approximate surface area is 105 Å². The van der Waals surface area contributed by atoms with Crippen molar-refractivity contribution in [3.63, 3.8) is 0 Å². The van der Waals surface area contributed by atoms with E-state index in [2.05, 4.69) is 21.1 Å². The lowest BCUT2D eigenvalue weighted by atomic mass is 10.1. The Morgan fingerprint density at radius 2 is 2.06 bits per heavy atom. The zero-order chi connectivity index (χ0) is 12.4. The number of alkyl halides is 1. The third-order valence-corrected chi connectivity index (χ3v) is 2.69. The first-order valence-corrected chi connectivity index (χ1v) is 5.82. The van der Waals surface area contributed by atoms with E-state index in [4.69, 9.17) is 9.63 Å². The fourth-order valence-corrected chi connectivity index (χ4v) is 1.57. The van der Waals surface area contributed by atoms with Gasteiger partial charge in [0.2, 0.25) is 11.5 Å². The number of phenols is 2. The molecule has 0 aliphatic heterocycles. The number of hydrogen-bond donors (Lipinski definition) is 2. The van der Waals surface area contributed by atoms with E-state index < -0.39 is 0 Å². The molecule has 0 atom stereocenters. The van der Waals surface area contributed by atoms with Crippen LogP contribution in [0.15, 0.2) is 28.8 Å². The second-order valence-electron chi connectivity index (χ2n) is 3.34. The number of benzene rings is 1. The highest BCUT2D eigenvalue weighted by Gasteiger charge is 2.13. The Hall–Kier alpha value is -1.82. The fraction of sp³-hybridized carbons (Fsp3) is 0.0909. The fourth-order valence-electron chi connectivity index (χ4n) is 1.29. The molecule has 88 valence electrons. The van der Waals surface area contributed by atoms with Crippen molar-refractivity contribution in [2.45, 2.75) is 0 Å². The number of carbonyl (C=O) groups excluding carboxylic acids is 1. The summed E-state index contributed by atoms with van der Waals surface area (Å²) in [6.07, 6.45) is 0. The molecule has 2 N–H and O–H groups in total. The molecular formula is C11H8BrNO4. The number of rotatable bonds is 3. The van der Waals surface area contributed by atoms with Gasteiger partial charge in [-0.05, 0) is 18.2 Å². The summed E-state index contributed by atoms with van der Waals surface area (Å²) in [4.78, 5) is 11.3. The minimum Gasteiger partial charge on any atom is -0.504 e. The highest BCUT2D eigenvalue weighted by atomic mass is 79.9. The maximum atomic E-state index is 11.3. The van der Waals surface area contributed by atoms with Gasteiger partial charge in [0.1, 0.15) is 5.69 Å². The van der Waals surface area contributed by atoms with Crippen LogP contribution in [0, 0.1) is 0 Å². The standard InChI is InChI=1S/C11H8BrNO4/c12-5-10(16)11-4-7(13-17-11)6-1-2-8(14)9(15)3-6/h1-4,14-15H,5H2. The van der Waals surface area contributed by atoms with E-state index >= 15 is 0 Å². The van der Waals surface area contributed by atoms with Crippen LogP contribution in [-0.4, -0.2) is 26.5 Å². The van der Waals surface area contributed by atoms with Crippen molar-refractivity contribution >= 4 is 21.7 Å². The molecule has 0 aliphatic carbocycles. The van der Waals surface area contributed by atoms with Crippen LogP contribution in [0.2, 0.25) is 0 Å². The van der Waals surface area contributed by atoms with E-state index in [9.17, 15) is 9.90 Å². The number of hydrogen-bond acceptors (Lipinski definition) is 5. The van der Waals surface area contributed by atoms with Gasteiger partial charge in [-0.1, -0.05) is 21.1 Å². The average Bonchev–Trinajstić information content (AvgIpc) is 2.81. The number of aromatic hydroxyl groups is 2. The Morgan fingerprint density at radius 3 is 2.71 bits per heavy atom. The highest BCUT2D eigenvalue weighted by Crippen LogP contribution is 2.30. The molecular weight excluding hydrogens is 290 g/mol. The van der Waals surface area contributed by atoms with Crippen LogP contribution in [0.5, 0.6) is 11.5 Å². The monoisotopic (exact) mass is 297 g/mol. The molecule has 0 unspecified atom stereocenters. The molecule has 0 radical (unpaired) electrons. The average molecular weight is 298 g/mol. The van der Waals surface area contributed by atoms with Gasteiger partial charge in [0.15, 0.2) is 11.5 Å². The molecule has 0 bridgehead atoms. The highest BCUT2D eigenvalue weighted by molar-refractivity contribution is 9.09. The molecule has 0 aliphatic rings. The molecule has 0 amide bonds. The molecule has 0 saturated carbocycles. The predicted octanol–water partition coefficient (Wildman–Crippen LogP) is 2.33. The summed E-state index contributed by atoms with van der Waals surface area (Å²) in [6.45, 7) is 0. The maximum Gasteiger partial charge on any atom is 0.211 e. The number of ketones is 1. The summed E-state index contributed by atoms with van der Waals surface area (Å²) in [5.41, 5.74) is 0.974. The van der Waals surface area contributed by atoms with Crippen LogP contribution < -0.4 is 0 Å². The Kier molecular flexibility index (Phi) is 3.14. The normalized spacial score (nSPS) is 10.4. The molecule has 1 aromatic carbocycles. The molecule has 1 heterocycles. The Bertz CT molecular complexity index is 564. The molecule has 2 aromatic rings. The zero-order valence-electron chi connectivity index (χ0n) is 8.55. The van der Waals surface area contributed by atoms with Crippen molar-refractivity contribution in [3.05, 3.63) is 30.0 Å². The van der Waals surface area contributed by atoms with Crippen molar-refractivity contribution in [2.75, 3.05) is 5.33 Å². The van der Waals surface area contributed by atoms with Crippen LogP contribution in [0.4, 0.5) is 0 Å². The second kappa shape index (κ2) is 4.58. The lowest BCUT2D eigenvalue weighted by molar-refractivity contribution is 0.0985. The first-order valence-electron chi connectivity index (χ1n) is 4.70. The summed E-state index contributed by atoms with van der Waals surface area (Å²) in [7, 11) is 0. The Morgan fingerprint density at radius 1 is 1.29 bits per heavy atom. The summed E-state index contributed by atoms with van der Waals surface area (Å²) < 4.78 is 4.87. The number of Topliss-reactive ketones (excluding diaryl/α,β-unsaturated/α-hetero) is 1. The van der Waals surface area contributed by atoms with E-state index in [0.29, 0.717) is 11.3 Å². The lowest BCUT2D eigenvalue weighted by Gasteiger charge is -1.98. The molecule has 17 heavy (non-hydrogen) atoms. The minimum absolute atomic E-state index is 0.143. The van der Waals surface area contributed by atoms with Crippen molar-refractivity contribution in [2.24, 2.45) is 0 Å². The predicted molar refractivity (Wildman–Crippen MR) is 63.4 cm³/mol. The van der Waals surface area contributed by atoms with Gasteiger partial charge in [0.25, 0.3) is 0 Å². The summed E-state index contributed by atoms with van der Waals surface area (Å²) >= 11 is 3.03. The summed E-state index contributed by atoms with van der Waals surface area (Å²) in [6, 6.07) is 5.73. The third-order valence-electron chi connectivity index (χ3n) is 2.18. The SMILES string of the molecule is O=C(CBr)c1cc(-c2ccc(O)c(O)c2)no1. The maximum absolute atomic E-state index is 11.3. The van der Waals surface area contributed by atoms with Gasteiger partial charge in [0.05, 0.1) is 5.33 Å². The molecule has 0 saturated heterocycles. The van der Waals surface area contributed by atoms with Gasteiger partial charge in [-0.2, -0.15) is 0 Å². The van der Waals surface area contributed by atoms with Crippen molar-refractivity contribution in [3.8, 4) is 22.8 Å². The zero-order valence-corrected chi connectivity index (χ0v) is 10.1. The van der Waals surface area contributed by atoms with E-state index in [1.165, 1.54) is 18.2 Å². The van der Waals surface area contributed by atoms with E-state index in [1.807, 2.05) is 0 Å². The van der Waals surface area contributed by atoms with Gasteiger partial charge in [0, 0.05) is 11.6 Å².